The summed E-state index contributed by atoms with van der Waals surface area (Å²) in [6.07, 6.45) is 5.16. The highest BCUT2D eigenvalue weighted by Gasteiger charge is 2.17. The Bertz CT molecular complexity index is 348. The molecule has 0 saturated heterocycles. The topological polar surface area (TPSA) is 29.5 Å². The summed E-state index contributed by atoms with van der Waals surface area (Å²) < 4.78 is 19.0. The summed E-state index contributed by atoms with van der Waals surface area (Å²) in [5, 5.41) is 9.87. The van der Waals surface area contributed by atoms with Crippen molar-refractivity contribution in [1.82, 2.24) is 0 Å². The minimum Gasteiger partial charge on any atom is -0.386 e. The SMILES string of the molecule is OC(COC1CCCCC1)c1ccccc1F. The molecule has 2 nitrogen and oxygen atoms in total. The Balaban J connectivity index is 1.84. The highest BCUT2D eigenvalue weighted by molar-refractivity contribution is 5.19. The van der Waals surface area contributed by atoms with E-state index in [1.807, 2.05) is 0 Å². The maximum Gasteiger partial charge on any atom is 0.129 e. The summed E-state index contributed by atoms with van der Waals surface area (Å²) in [5.74, 6) is -0.368. The summed E-state index contributed by atoms with van der Waals surface area (Å²) in [7, 11) is 0. The molecule has 2 rings (SSSR count). The van der Waals surface area contributed by atoms with E-state index >= 15 is 0 Å². The summed E-state index contributed by atoms with van der Waals surface area (Å²) in [5.41, 5.74) is 0.323. The molecule has 94 valence electrons. The van der Waals surface area contributed by atoms with Crippen LogP contribution >= 0.6 is 0 Å². The zero-order valence-corrected chi connectivity index (χ0v) is 9.94. The largest absolute Gasteiger partial charge is 0.386 e. The van der Waals surface area contributed by atoms with E-state index in [-0.39, 0.29) is 18.5 Å². The molecule has 0 heterocycles. The minimum absolute atomic E-state index is 0.186. The van der Waals surface area contributed by atoms with Crippen LogP contribution in [-0.4, -0.2) is 17.8 Å². The Morgan fingerprint density at radius 2 is 1.94 bits per heavy atom. The first-order valence-electron chi connectivity index (χ1n) is 6.31. The van der Waals surface area contributed by atoms with Crippen LogP contribution in [0, 0.1) is 5.82 Å². The van der Waals surface area contributed by atoms with Crippen LogP contribution in [0.5, 0.6) is 0 Å². The fraction of sp³-hybridized carbons (Fsp3) is 0.571. The molecule has 1 atom stereocenters. The average molecular weight is 238 g/mol. The molecule has 1 aliphatic rings. The second kappa shape index (κ2) is 6.12. The number of hydrogen-bond acceptors (Lipinski definition) is 2. The second-order valence-corrected chi connectivity index (χ2v) is 4.63. The highest BCUT2D eigenvalue weighted by atomic mass is 19.1. The molecule has 1 aromatic rings. The van der Waals surface area contributed by atoms with E-state index in [0.717, 1.165) is 12.8 Å². The molecule has 3 heteroatoms. The van der Waals surface area contributed by atoms with Gasteiger partial charge in [-0.1, -0.05) is 37.5 Å². The van der Waals surface area contributed by atoms with Crippen molar-refractivity contribution in [2.75, 3.05) is 6.61 Å². The molecule has 1 aliphatic carbocycles. The smallest absolute Gasteiger partial charge is 0.129 e. The van der Waals surface area contributed by atoms with Crippen molar-refractivity contribution in [3.05, 3.63) is 35.6 Å². The number of ether oxygens (including phenoxy) is 1. The third kappa shape index (κ3) is 3.51. The van der Waals surface area contributed by atoms with Gasteiger partial charge in [-0.2, -0.15) is 0 Å². The molecule has 0 aromatic heterocycles. The van der Waals surface area contributed by atoms with Gasteiger partial charge in [-0.25, -0.2) is 4.39 Å². The maximum absolute atomic E-state index is 13.4. The summed E-state index contributed by atoms with van der Waals surface area (Å²) >= 11 is 0. The molecule has 0 spiro atoms. The monoisotopic (exact) mass is 238 g/mol. The van der Waals surface area contributed by atoms with E-state index in [0.29, 0.717) is 5.56 Å². The van der Waals surface area contributed by atoms with Crippen LogP contribution in [0.4, 0.5) is 4.39 Å². The molecule has 1 unspecified atom stereocenters. The van der Waals surface area contributed by atoms with Crippen molar-refractivity contribution in [2.45, 2.75) is 44.3 Å². The van der Waals surface area contributed by atoms with E-state index in [1.165, 1.54) is 25.3 Å². The van der Waals surface area contributed by atoms with Crippen LogP contribution in [0.2, 0.25) is 0 Å². The Morgan fingerprint density at radius 1 is 1.24 bits per heavy atom. The average Bonchev–Trinajstić information content (AvgIpc) is 2.38. The molecule has 1 fully saturated rings. The van der Waals surface area contributed by atoms with Crippen molar-refractivity contribution in [3.8, 4) is 0 Å². The quantitative estimate of drug-likeness (QED) is 0.872. The van der Waals surface area contributed by atoms with E-state index in [1.54, 1.807) is 18.2 Å². The van der Waals surface area contributed by atoms with Gasteiger partial charge >= 0.3 is 0 Å². The number of benzene rings is 1. The van der Waals surface area contributed by atoms with Crippen molar-refractivity contribution in [2.24, 2.45) is 0 Å². The maximum atomic E-state index is 13.4. The van der Waals surface area contributed by atoms with E-state index in [4.69, 9.17) is 4.74 Å². The van der Waals surface area contributed by atoms with Gasteiger partial charge in [0, 0.05) is 5.56 Å². The van der Waals surface area contributed by atoms with Crippen LogP contribution in [0.25, 0.3) is 0 Å². The summed E-state index contributed by atoms with van der Waals surface area (Å²) in [6, 6.07) is 6.30. The molecule has 0 bridgehead atoms. The zero-order valence-electron chi connectivity index (χ0n) is 9.94. The predicted octanol–water partition coefficient (Wildman–Crippen LogP) is 3.21. The van der Waals surface area contributed by atoms with Crippen LogP contribution in [0.1, 0.15) is 43.8 Å². The predicted molar refractivity (Wildman–Crippen MR) is 64.2 cm³/mol. The van der Waals surface area contributed by atoms with E-state index in [2.05, 4.69) is 0 Å². The molecule has 0 aliphatic heterocycles. The first kappa shape index (κ1) is 12.5. The lowest BCUT2D eigenvalue weighted by molar-refractivity contribution is -0.0255. The molecule has 1 aromatic carbocycles. The number of hydrogen-bond donors (Lipinski definition) is 1. The lowest BCUT2D eigenvalue weighted by atomic mass is 9.98. The van der Waals surface area contributed by atoms with Gasteiger partial charge in [-0.15, -0.1) is 0 Å². The van der Waals surface area contributed by atoms with Gasteiger partial charge in [0.25, 0.3) is 0 Å². The van der Waals surface area contributed by atoms with Gasteiger partial charge in [0.05, 0.1) is 12.7 Å². The lowest BCUT2D eigenvalue weighted by Gasteiger charge is -2.23. The van der Waals surface area contributed by atoms with Crippen LogP contribution in [-0.2, 0) is 4.74 Å². The Kier molecular flexibility index (Phi) is 4.51. The van der Waals surface area contributed by atoms with Gasteiger partial charge in [0.2, 0.25) is 0 Å². The molecular weight excluding hydrogens is 219 g/mol. The highest BCUT2D eigenvalue weighted by Crippen LogP contribution is 2.23. The summed E-state index contributed by atoms with van der Waals surface area (Å²) in [6.45, 7) is 0.186. The Morgan fingerprint density at radius 3 is 2.65 bits per heavy atom. The van der Waals surface area contributed by atoms with Gasteiger partial charge in [-0.05, 0) is 18.9 Å². The molecular formula is C14H19FO2. The third-order valence-corrected chi connectivity index (χ3v) is 3.31. The third-order valence-electron chi connectivity index (χ3n) is 3.31. The van der Waals surface area contributed by atoms with E-state index < -0.39 is 6.10 Å². The molecule has 1 N–H and O–H groups in total. The van der Waals surface area contributed by atoms with Crippen LogP contribution in [0.3, 0.4) is 0 Å². The van der Waals surface area contributed by atoms with Crippen molar-refractivity contribution in [1.29, 1.82) is 0 Å². The first-order valence-corrected chi connectivity index (χ1v) is 6.31. The molecule has 0 amide bonds. The standard InChI is InChI=1S/C14H19FO2/c15-13-9-5-4-8-12(13)14(16)10-17-11-6-2-1-3-7-11/h4-5,8-9,11,14,16H,1-3,6-7,10H2. The number of aliphatic hydroxyl groups is 1. The van der Waals surface area contributed by atoms with Gasteiger partial charge in [0.15, 0.2) is 0 Å². The Hall–Kier alpha value is -0.930. The van der Waals surface area contributed by atoms with Crippen molar-refractivity contribution < 1.29 is 14.2 Å². The second-order valence-electron chi connectivity index (χ2n) is 4.63. The molecule has 17 heavy (non-hydrogen) atoms. The van der Waals surface area contributed by atoms with Gasteiger partial charge in [0.1, 0.15) is 11.9 Å². The first-order chi connectivity index (χ1) is 8.27. The fourth-order valence-electron chi connectivity index (χ4n) is 2.29. The summed E-state index contributed by atoms with van der Waals surface area (Å²) in [4.78, 5) is 0. The van der Waals surface area contributed by atoms with Crippen LogP contribution in [0.15, 0.2) is 24.3 Å². The van der Waals surface area contributed by atoms with Crippen molar-refractivity contribution in [3.63, 3.8) is 0 Å². The lowest BCUT2D eigenvalue weighted by Crippen LogP contribution is -2.20. The molecule has 1 saturated carbocycles. The minimum atomic E-state index is -0.863. The number of rotatable bonds is 4. The van der Waals surface area contributed by atoms with Gasteiger partial charge in [-0.3, -0.25) is 0 Å². The number of aliphatic hydroxyl groups excluding tert-OH is 1. The Labute approximate surface area is 101 Å². The van der Waals surface area contributed by atoms with E-state index in [9.17, 15) is 9.50 Å². The van der Waals surface area contributed by atoms with Crippen LogP contribution < -0.4 is 0 Å². The number of halogens is 1. The molecule has 0 radical (unpaired) electrons. The zero-order chi connectivity index (χ0) is 12.1. The fourth-order valence-corrected chi connectivity index (χ4v) is 2.29. The normalized spacial score (nSPS) is 19.2. The van der Waals surface area contributed by atoms with Gasteiger partial charge < -0.3 is 9.84 Å². The van der Waals surface area contributed by atoms with Crippen molar-refractivity contribution >= 4 is 0 Å².